The Bertz CT molecular complexity index is 508. The highest BCUT2D eigenvalue weighted by atomic mass is 32.2. The number of aromatic nitrogens is 3. The van der Waals surface area contributed by atoms with Gasteiger partial charge in [0, 0.05) is 17.4 Å². The molecule has 2 saturated heterocycles. The molecule has 1 aromatic rings. The number of anilines is 1. The molecule has 114 valence electrons. The molecule has 2 aliphatic rings. The summed E-state index contributed by atoms with van der Waals surface area (Å²) in [6.07, 6.45) is 4.64. The summed E-state index contributed by atoms with van der Waals surface area (Å²) in [5.74, 6) is 1.30. The molecule has 3 amide bonds. The van der Waals surface area contributed by atoms with Crippen molar-refractivity contribution in [3.05, 3.63) is 6.33 Å². The fourth-order valence-electron chi connectivity index (χ4n) is 2.73. The van der Waals surface area contributed by atoms with Crippen LogP contribution in [0, 0.1) is 0 Å². The standard InChI is InChI=1S/C12H18N6O2S/c19-9(16-11-13-6-14-18-11)4-2-1-3-8-10-7(5-21-8)15-12(20)17-10/h6-8,10H,1-5H2,(H2,15,17,20)(H2,13,14,16,18,19). The number of carbonyl (C=O) groups excluding carboxylic acids is 2. The van der Waals surface area contributed by atoms with E-state index in [1.54, 1.807) is 0 Å². The molecule has 3 rings (SSSR count). The molecule has 4 N–H and O–H groups in total. The maximum Gasteiger partial charge on any atom is 0.315 e. The molecule has 8 nitrogen and oxygen atoms in total. The minimum Gasteiger partial charge on any atom is -0.332 e. The summed E-state index contributed by atoms with van der Waals surface area (Å²) in [4.78, 5) is 26.8. The smallest absolute Gasteiger partial charge is 0.315 e. The van der Waals surface area contributed by atoms with Crippen molar-refractivity contribution < 1.29 is 9.59 Å². The molecule has 0 aliphatic carbocycles. The zero-order valence-electron chi connectivity index (χ0n) is 11.5. The molecule has 21 heavy (non-hydrogen) atoms. The number of nitrogens with one attached hydrogen (secondary N) is 4. The van der Waals surface area contributed by atoms with E-state index in [1.807, 2.05) is 11.8 Å². The number of amides is 3. The van der Waals surface area contributed by atoms with Gasteiger partial charge in [-0.05, 0) is 12.8 Å². The number of nitrogens with zero attached hydrogens (tertiary/aromatic N) is 2. The van der Waals surface area contributed by atoms with Crippen LogP contribution in [0.15, 0.2) is 6.33 Å². The SMILES string of the molecule is O=C(CCCCC1SCC2NC(=O)NC21)Nc1ncn[nH]1. The number of carbonyl (C=O) groups is 2. The third kappa shape index (κ3) is 3.46. The van der Waals surface area contributed by atoms with Crippen LogP contribution in [0.2, 0.25) is 0 Å². The van der Waals surface area contributed by atoms with Gasteiger partial charge in [-0.3, -0.25) is 10.1 Å². The Morgan fingerprint density at radius 1 is 1.43 bits per heavy atom. The first-order chi connectivity index (χ1) is 10.2. The highest BCUT2D eigenvalue weighted by Gasteiger charge is 2.42. The van der Waals surface area contributed by atoms with E-state index < -0.39 is 0 Å². The van der Waals surface area contributed by atoms with Crippen molar-refractivity contribution in [2.45, 2.75) is 43.0 Å². The van der Waals surface area contributed by atoms with Gasteiger partial charge in [0.25, 0.3) is 0 Å². The quantitative estimate of drug-likeness (QED) is 0.451. The first kappa shape index (κ1) is 14.2. The van der Waals surface area contributed by atoms with E-state index in [1.165, 1.54) is 6.33 Å². The molecule has 3 unspecified atom stereocenters. The van der Waals surface area contributed by atoms with Gasteiger partial charge in [0.15, 0.2) is 0 Å². The molecule has 1 aromatic heterocycles. The molecule has 0 bridgehead atoms. The highest BCUT2D eigenvalue weighted by molar-refractivity contribution is 8.00. The fraction of sp³-hybridized carbons (Fsp3) is 0.667. The minimum atomic E-state index is -0.0560. The lowest BCUT2D eigenvalue weighted by molar-refractivity contribution is -0.116. The van der Waals surface area contributed by atoms with E-state index in [2.05, 4.69) is 31.1 Å². The number of H-pyrrole nitrogens is 1. The number of fused-ring (bicyclic) bond motifs is 1. The molecule has 0 aromatic carbocycles. The largest absolute Gasteiger partial charge is 0.332 e. The summed E-state index contributed by atoms with van der Waals surface area (Å²) in [5.41, 5.74) is 0. The van der Waals surface area contributed by atoms with Crippen LogP contribution in [-0.4, -0.2) is 50.2 Å². The van der Waals surface area contributed by atoms with Gasteiger partial charge in [0.2, 0.25) is 11.9 Å². The molecule has 0 radical (unpaired) electrons. The maximum atomic E-state index is 11.7. The third-order valence-electron chi connectivity index (χ3n) is 3.75. The van der Waals surface area contributed by atoms with Crippen molar-refractivity contribution in [1.82, 2.24) is 25.8 Å². The number of urea groups is 1. The van der Waals surface area contributed by atoms with Gasteiger partial charge < -0.3 is 10.6 Å². The third-order valence-corrected chi connectivity index (χ3v) is 5.26. The number of hydrogen-bond acceptors (Lipinski definition) is 5. The average Bonchev–Trinajstić information content (AvgIpc) is 3.13. The number of hydrogen-bond donors (Lipinski definition) is 4. The topological polar surface area (TPSA) is 112 Å². The zero-order valence-corrected chi connectivity index (χ0v) is 12.3. The van der Waals surface area contributed by atoms with Crippen molar-refractivity contribution in [3.8, 4) is 0 Å². The Labute approximate surface area is 126 Å². The number of rotatable bonds is 6. The molecule has 2 aliphatic heterocycles. The summed E-state index contributed by atoms with van der Waals surface area (Å²) >= 11 is 1.90. The van der Waals surface area contributed by atoms with E-state index in [4.69, 9.17) is 0 Å². The van der Waals surface area contributed by atoms with Gasteiger partial charge in [0.1, 0.15) is 6.33 Å². The Balaban J connectivity index is 1.33. The summed E-state index contributed by atoms with van der Waals surface area (Å²) in [7, 11) is 0. The fourth-order valence-corrected chi connectivity index (χ4v) is 4.28. The first-order valence-electron chi connectivity index (χ1n) is 7.06. The Morgan fingerprint density at radius 2 is 2.33 bits per heavy atom. The number of aromatic amines is 1. The highest BCUT2D eigenvalue weighted by Crippen LogP contribution is 2.33. The summed E-state index contributed by atoms with van der Waals surface area (Å²) in [6, 6.07) is 0.453. The lowest BCUT2D eigenvalue weighted by Crippen LogP contribution is -2.36. The average molecular weight is 310 g/mol. The molecule has 3 heterocycles. The van der Waals surface area contributed by atoms with Crippen LogP contribution < -0.4 is 16.0 Å². The second-order valence-corrected chi connectivity index (χ2v) is 6.52. The maximum absolute atomic E-state index is 11.7. The molecule has 3 atom stereocenters. The summed E-state index contributed by atoms with van der Waals surface area (Å²) in [6.45, 7) is 0. The van der Waals surface area contributed by atoms with E-state index in [0.29, 0.717) is 17.6 Å². The van der Waals surface area contributed by atoms with Gasteiger partial charge in [-0.25, -0.2) is 9.89 Å². The first-order valence-corrected chi connectivity index (χ1v) is 8.11. The van der Waals surface area contributed by atoms with E-state index in [-0.39, 0.29) is 24.0 Å². The second kappa shape index (κ2) is 6.33. The zero-order chi connectivity index (χ0) is 14.7. The normalized spacial score (nSPS) is 27.0. The van der Waals surface area contributed by atoms with Crippen LogP contribution in [0.5, 0.6) is 0 Å². The van der Waals surface area contributed by atoms with Gasteiger partial charge >= 0.3 is 6.03 Å². The van der Waals surface area contributed by atoms with Crippen LogP contribution >= 0.6 is 11.8 Å². The van der Waals surface area contributed by atoms with Gasteiger partial charge in [0.05, 0.1) is 12.1 Å². The molecule has 2 fully saturated rings. The monoisotopic (exact) mass is 310 g/mol. The van der Waals surface area contributed by atoms with Crippen molar-refractivity contribution in [2.75, 3.05) is 11.1 Å². The summed E-state index contributed by atoms with van der Waals surface area (Å²) in [5, 5.41) is 15.3. The molecule has 0 saturated carbocycles. The molecule has 9 heteroatoms. The number of thioether (sulfide) groups is 1. The van der Waals surface area contributed by atoms with Crippen molar-refractivity contribution in [3.63, 3.8) is 0 Å². The minimum absolute atomic E-state index is 0.0539. The van der Waals surface area contributed by atoms with Gasteiger partial charge in [-0.1, -0.05) is 6.42 Å². The predicted molar refractivity (Wildman–Crippen MR) is 79.0 cm³/mol. The van der Waals surface area contributed by atoms with Crippen molar-refractivity contribution in [2.24, 2.45) is 0 Å². The van der Waals surface area contributed by atoms with Crippen LogP contribution in [0.1, 0.15) is 25.7 Å². The van der Waals surface area contributed by atoms with E-state index in [0.717, 1.165) is 25.0 Å². The Hall–Kier alpha value is -1.77. The van der Waals surface area contributed by atoms with E-state index >= 15 is 0 Å². The van der Waals surface area contributed by atoms with Crippen molar-refractivity contribution in [1.29, 1.82) is 0 Å². The van der Waals surface area contributed by atoms with Gasteiger partial charge in [-0.2, -0.15) is 21.8 Å². The molecular formula is C12H18N6O2S. The number of unbranched alkanes of at least 4 members (excludes halogenated alkanes) is 1. The van der Waals surface area contributed by atoms with Crippen LogP contribution in [0.25, 0.3) is 0 Å². The van der Waals surface area contributed by atoms with Gasteiger partial charge in [-0.15, -0.1) is 0 Å². The second-order valence-electron chi connectivity index (χ2n) is 5.25. The van der Waals surface area contributed by atoms with Crippen LogP contribution in [0.3, 0.4) is 0 Å². The summed E-state index contributed by atoms with van der Waals surface area (Å²) < 4.78 is 0. The van der Waals surface area contributed by atoms with Crippen LogP contribution in [-0.2, 0) is 4.79 Å². The van der Waals surface area contributed by atoms with E-state index in [9.17, 15) is 9.59 Å². The Kier molecular flexibility index (Phi) is 4.28. The predicted octanol–water partition coefficient (Wildman–Crippen LogP) is 0.469. The molecule has 0 spiro atoms. The Morgan fingerprint density at radius 3 is 3.14 bits per heavy atom. The lowest BCUT2D eigenvalue weighted by atomic mass is 10.0. The lowest BCUT2D eigenvalue weighted by Gasteiger charge is -2.16. The van der Waals surface area contributed by atoms with Crippen LogP contribution in [0.4, 0.5) is 10.7 Å². The van der Waals surface area contributed by atoms with Crippen molar-refractivity contribution >= 4 is 29.6 Å². The molecular weight excluding hydrogens is 292 g/mol.